The largest absolute Gasteiger partial charge is 0.417 e. The molecule has 7 nitrogen and oxygen atoms in total. The number of rotatable bonds is 4. The fourth-order valence-corrected chi connectivity index (χ4v) is 3.32. The molecule has 1 aliphatic rings. The average molecular weight is 386 g/mol. The van der Waals surface area contributed by atoms with Crippen molar-refractivity contribution in [1.29, 1.82) is 0 Å². The standard InChI is InChI=1S/C15H13F3N4O3S/c1-8-12(13(24)19-4-5-21-11(23)7-26-14(21)25)22-6-9(15(16,17)18)2-3-10(22)20-8/h2-3,6H,4-5,7H2,1H3,(H,19,24). The summed E-state index contributed by atoms with van der Waals surface area (Å²) in [5.74, 6) is -0.907. The van der Waals surface area contributed by atoms with Crippen molar-refractivity contribution in [3.05, 3.63) is 35.3 Å². The Morgan fingerprint density at radius 3 is 2.69 bits per heavy atom. The SMILES string of the molecule is Cc1nc2ccc(C(F)(F)F)cn2c1C(=O)NCCN1C(=O)CSC1=O. The van der Waals surface area contributed by atoms with E-state index in [9.17, 15) is 27.6 Å². The lowest BCUT2D eigenvalue weighted by Crippen LogP contribution is -2.37. The monoisotopic (exact) mass is 386 g/mol. The number of pyridine rings is 1. The summed E-state index contributed by atoms with van der Waals surface area (Å²) in [7, 11) is 0. The van der Waals surface area contributed by atoms with Crippen LogP contribution >= 0.6 is 11.8 Å². The van der Waals surface area contributed by atoms with Crippen LogP contribution in [0.3, 0.4) is 0 Å². The van der Waals surface area contributed by atoms with Gasteiger partial charge in [0.2, 0.25) is 5.91 Å². The van der Waals surface area contributed by atoms with Crippen molar-refractivity contribution in [2.45, 2.75) is 13.1 Å². The van der Waals surface area contributed by atoms with Gasteiger partial charge in [0.05, 0.1) is 17.0 Å². The highest BCUT2D eigenvalue weighted by Gasteiger charge is 2.32. The minimum atomic E-state index is -4.55. The molecular formula is C15H13F3N4O3S. The van der Waals surface area contributed by atoms with E-state index in [2.05, 4.69) is 10.3 Å². The molecule has 26 heavy (non-hydrogen) atoms. The Kier molecular flexibility index (Phi) is 4.65. The van der Waals surface area contributed by atoms with Crippen molar-refractivity contribution in [3.63, 3.8) is 0 Å². The number of alkyl halides is 3. The van der Waals surface area contributed by atoms with Crippen molar-refractivity contribution in [2.75, 3.05) is 18.8 Å². The molecule has 1 fully saturated rings. The van der Waals surface area contributed by atoms with Crippen LogP contribution in [-0.2, 0) is 11.0 Å². The Hall–Kier alpha value is -2.56. The van der Waals surface area contributed by atoms with Crippen LogP contribution in [0, 0.1) is 6.92 Å². The van der Waals surface area contributed by atoms with Crippen LogP contribution in [0.15, 0.2) is 18.3 Å². The third-order valence-corrected chi connectivity index (χ3v) is 4.66. The van der Waals surface area contributed by atoms with Gasteiger partial charge in [0.15, 0.2) is 0 Å². The van der Waals surface area contributed by atoms with Crippen molar-refractivity contribution >= 4 is 34.5 Å². The minimum absolute atomic E-state index is 0.00000819. The van der Waals surface area contributed by atoms with E-state index in [1.807, 2.05) is 0 Å². The Morgan fingerprint density at radius 1 is 1.35 bits per heavy atom. The molecule has 11 heteroatoms. The van der Waals surface area contributed by atoms with Gasteiger partial charge in [-0.3, -0.25) is 23.7 Å². The first kappa shape index (κ1) is 18.2. The number of halogens is 3. The third-order valence-electron chi connectivity index (χ3n) is 3.80. The summed E-state index contributed by atoms with van der Waals surface area (Å²) in [6.45, 7) is 1.50. The molecular weight excluding hydrogens is 373 g/mol. The van der Waals surface area contributed by atoms with E-state index < -0.39 is 17.6 Å². The summed E-state index contributed by atoms with van der Waals surface area (Å²) in [5, 5.41) is 2.12. The van der Waals surface area contributed by atoms with Crippen LogP contribution in [0.2, 0.25) is 0 Å². The number of aryl methyl sites for hydroxylation is 1. The number of nitrogens with one attached hydrogen (secondary N) is 1. The first-order valence-corrected chi connectivity index (χ1v) is 8.48. The van der Waals surface area contributed by atoms with E-state index in [1.165, 1.54) is 13.0 Å². The molecule has 1 N–H and O–H groups in total. The number of amides is 3. The number of imidazole rings is 1. The average Bonchev–Trinajstić information content (AvgIpc) is 3.05. The number of carbonyl (C=O) groups is 3. The van der Waals surface area contributed by atoms with E-state index >= 15 is 0 Å². The summed E-state index contributed by atoms with van der Waals surface area (Å²) in [6.07, 6.45) is -3.73. The second-order valence-corrected chi connectivity index (χ2v) is 6.47. The van der Waals surface area contributed by atoms with Crippen molar-refractivity contribution in [2.24, 2.45) is 0 Å². The normalized spacial score (nSPS) is 15.2. The molecule has 0 bridgehead atoms. The first-order valence-electron chi connectivity index (χ1n) is 7.49. The molecule has 138 valence electrons. The van der Waals surface area contributed by atoms with Gasteiger partial charge < -0.3 is 5.32 Å². The van der Waals surface area contributed by atoms with E-state index in [4.69, 9.17) is 0 Å². The summed E-state index contributed by atoms with van der Waals surface area (Å²) in [5.41, 5.74) is -0.450. The Morgan fingerprint density at radius 2 is 2.08 bits per heavy atom. The molecule has 2 aromatic rings. The topological polar surface area (TPSA) is 83.8 Å². The van der Waals surface area contributed by atoms with E-state index in [0.717, 1.165) is 33.3 Å². The Balaban J connectivity index is 1.78. The number of imide groups is 1. The first-order chi connectivity index (χ1) is 12.2. The third kappa shape index (κ3) is 3.39. The molecule has 3 heterocycles. The van der Waals surface area contributed by atoms with E-state index in [1.54, 1.807) is 0 Å². The van der Waals surface area contributed by atoms with Crippen molar-refractivity contribution in [3.8, 4) is 0 Å². The number of aromatic nitrogens is 2. The summed E-state index contributed by atoms with van der Waals surface area (Å²) in [4.78, 5) is 40.5. The van der Waals surface area contributed by atoms with Crippen LogP contribution < -0.4 is 5.32 Å². The molecule has 1 aliphatic heterocycles. The van der Waals surface area contributed by atoms with Crippen molar-refractivity contribution < 1.29 is 27.6 Å². The summed E-state index contributed by atoms with van der Waals surface area (Å²) in [6, 6.07) is 2.08. The number of carbonyl (C=O) groups excluding carboxylic acids is 3. The highest BCUT2D eigenvalue weighted by Crippen LogP contribution is 2.29. The maximum absolute atomic E-state index is 12.9. The molecule has 0 unspecified atom stereocenters. The van der Waals surface area contributed by atoms with Gasteiger partial charge in [0.25, 0.3) is 11.1 Å². The zero-order valence-corrected chi connectivity index (χ0v) is 14.3. The molecule has 2 aromatic heterocycles. The van der Waals surface area contributed by atoms with Crippen LogP contribution in [0.25, 0.3) is 5.65 Å². The number of nitrogens with zero attached hydrogens (tertiary/aromatic N) is 3. The molecule has 3 rings (SSSR count). The van der Waals surface area contributed by atoms with Gasteiger partial charge >= 0.3 is 6.18 Å². The number of hydrogen-bond acceptors (Lipinski definition) is 5. The molecule has 0 atom stereocenters. The summed E-state index contributed by atoms with van der Waals surface area (Å²) < 4.78 is 39.8. The molecule has 0 spiro atoms. The predicted octanol–water partition coefficient (Wildman–Crippen LogP) is 2.09. The van der Waals surface area contributed by atoms with Crippen LogP contribution in [0.1, 0.15) is 21.7 Å². The van der Waals surface area contributed by atoms with Gasteiger partial charge in [-0.15, -0.1) is 0 Å². The van der Waals surface area contributed by atoms with Gasteiger partial charge in [-0.05, 0) is 19.1 Å². The highest BCUT2D eigenvalue weighted by atomic mass is 32.2. The molecule has 3 amide bonds. The lowest BCUT2D eigenvalue weighted by molar-refractivity contribution is -0.137. The fraction of sp³-hybridized carbons (Fsp3) is 0.333. The predicted molar refractivity (Wildman–Crippen MR) is 86.8 cm³/mol. The van der Waals surface area contributed by atoms with Crippen LogP contribution in [-0.4, -0.2) is 50.2 Å². The lowest BCUT2D eigenvalue weighted by atomic mass is 10.2. The Labute approximate surface area is 149 Å². The van der Waals surface area contributed by atoms with Gasteiger partial charge in [-0.2, -0.15) is 13.2 Å². The van der Waals surface area contributed by atoms with E-state index in [0.29, 0.717) is 0 Å². The van der Waals surface area contributed by atoms with Crippen LogP contribution in [0.4, 0.5) is 18.0 Å². The highest BCUT2D eigenvalue weighted by molar-refractivity contribution is 8.14. The lowest BCUT2D eigenvalue weighted by Gasteiger charge is -2.13. The van der Waals surface area contributed by atoms with Gasteiger partial charge in [-0.1, -0.05) is 11.8 Å². The Bertz CT molecular complexity index is 893. The van der Waals surface area contributed by atoms with Gasteiger partial charge in [0.1, 0.15) is 11.3 Å². The van der Waals surface area contributed by atoms with Crippen molar-refractivity contribution in [1.82, 2.24) is 19.6 Å². The fourth-order valence-electron chi connectivity index (χ4n) is 2.57. The number of fused-ring (bicyclic) bond motifs is 1. The molecule has 0 aromatic carbocycles. The second-order valence-electron chi connectivity index (χ2n) is 5.55. The van der Waals surface area contributed by atoms with Crippen LogP contribution in [0.5, 0.6) is 0 Å². The minimum Gasteiger partial charge on any atom is -0.349 e. The molecule has 1 saturated heterocycles. The molecule has 0 radical (unpaired) electrons. The maximum atomic E-state index is 12.9. The smallest absolute Gasteiger partial charge is 0.349 e. The summed E-state index contributed by atoms with van der Waals surface area (Å²) >= 11 is 0.882. The molecule has 0 saturated carbocycles. The number of hydrogen-bond donors (Lipinski definition) is 1. The van der Waals surface area contributed by atoms with Gasteiger partial charge in [-0.25, -0.2) is 4.98 Å². The van der Waals surface area contributed by atoms with Gasteiger partial charge in [0, 0.05) is 19.3 Å². The zero-order chi connectivity index (χ0) is 19.1. The number of thioether (sulfide) groups is 1. The zero-order valence-electron chi connectivity index (χ0n) is 13.5. The van der Waals surface area contributed by atoms with E-state index in [-0.39, 0.29) is 47.0 Å². The maximum Gasteiger partial charge on any atom is 0.417 e. The second kappa shape index (κ2) is 6.63. The quantitative estimate of drug-likeness (QED) is 0.870. The molecule has 0 aliphatic carbocycles.